The van der Waals surface area contributed by atoms with Crippen LogP contribution in [-0.4, -0.2) is 26.6 Å². The van der Waals surface area contributed by atoms with Crippen LogP contribution < -0.4 is 5.73 Å². The molecule has 0 bridgehead atoms. The SMILES string of the molecule is CC(C)C(=O)OC1CCC(n2cc(I)c3c(N)ncnc32)CC1. The summed E-state index contributed by atoms with van der Waals surface area (Å²) < 4.78 is 8.83. The van der Waals surface area contributed by atoms with Crippen LogP contribution in [-0.2, 0) is 9.53 Å². The normalized spacial score (nSPS) is 21.7. The summed E-state index contributed by atoms with van der Waals surface area (Å²) in [7, 11) is 0. The van der Waals surface area contributed by atoms with Crippen molar-refractivity contribution in [1.82, 2.24) is 14.5 Å². The summed E-state index contributed by atoms with van der Waals surface area (Å²) >= 11 is 2.28. The molecule has 1 fully saturated rings. The Hall–Kier alpha value is -1.38. The van der Waals surface area contributed by atoms with Crippen LogP contribution in [0.3, 0.4) is 0 Å². The molecule has 1 aliphatic rings. The third kappa shape index (κ3) is 3.29. The molecule has 124 valence electrons. The number of halogens is 1. The van der Waals surface area contributed by atoms with Crippen LogP contribution in [0.1, 0.15) is 45.6 Å². The van der Waals surface area contributed by atoms with Gasteiger partial charge in [-0.1, -0.05) is 13.8 Å². The summed E-state index contributed by atoms with van der Waals surface area (Å²) in [6.07, 6.45) is 7.38. The third-order valence-corrected chi connectivity index (χ3v) is 5.20. The number of anilines is 1. The van der Waals surface area contributed by atoms with Crippen LogP contribution in [0.25, 0.3) is 11.0 Å². The van der Waals surface area contributed by atoms with Gasteiger partial charge in [0.25, 0.3) is 0 Å². The second-order valence-corrected chi connectivity index (χ2v) is 7.53. The summed E-state index contributed by atoms with van der Waals surface area (Å²) in [4.78, 5) is 20.2. The number of hydrogen-bond acceptors (Lipinski definition) is 5. The zero-order valence-electron chi connectivity index (χ0n) is 13.3. The summed E-state index contributed by atoms with van der Waals surface area (Å²) in [5.41, 5.74) is 6.87. The average molecular weight is 428 g/mol. The zero-order chi connectivity index (χ0) is 16.6. The first-order valence-electron chi connectivity index (χ1n) is 7.94. The minimum absolute atomic E-state index is 0.0433. The average Bonchev–Trinajstić information content (AvgIpc) is 2.86. The summed E-state index contributed by atoms with van der Waals surface area (Å²) in [6.45, 7) is 3.73. The number of aromatic nitrogens is 3. The highest BCUT2D eigenvalue weighted by Gasteiger charge is 2.27. The van der Waals surface area contributed by atoms with Crippen LogP contribution in [0.4, 0.5) is 5.82 Å². The van der Waals surface area contributed by atoms with Crippen molar-refractivity contribution in [3.63, 3.8) is 0 Å². The van der Waals surface area contributed by atoms with Gasteiger partial charge in [-0.05, 0) is 48.3 Å². The smallest absolute Gasteiger partial charge is 0.308 e. The van der Waals surface area contributed by atoms with Crippen molar-refractivity contribution >= 4 is 45.4 Å². The third-order valence-electron chi connectivity index (χ3n) is 4.38. The molecule has 3 rings (SSSR count). The highest BCUT2D eigenvalue weighted by Crippen LogP contribution is 2.35. The fourth-order valence-corrected chi connectivity index (χ4v) is 3.90. The van der Waals surface area contributed by atoms with Gasteiger partial charge in [0.2, 0.25) is 0 Å². The number of hydrogen-bond donors (Lipinski definition) is 1. The predicted octanol–water partition coefficient (Wildman–Crippen LogP) is 3.30. The monoisotopic (exact) mass is 428 g/mol. The van der Waals surface area contributed by atoms with Crippen LogP contribution in [0, 0.1) is 9.49 Å². The number of rotatable bonds is 3. The molecule has 0 atom stereocenters. The number of esters is 1. The molecule has 2 heterocycles. The largest absolute Gasteiger partial charge is 0.462 e. The number of nitrogens with two attached hydrogens (primary N) is 1. The van der Waals surface area contributed by atoms with Gasteiger partial charge in [0.15, 0.2) is 0 Å². The lowest BCUT2D eigenvalue weighted by Gasteiger charge is -2.30. The van der Waals surface area contributed by atoms with Gasteiger partial charge in [0.1, 0.15) is 23.9 Å². The molecule has 0 aliphatic heterocycles. The first-order chi connectivity index (χ1) is 11.0. The van der Waals surface area contributed by atoms with Gasteiger partial charge in [0, 0.05) is 15.8 Å². The van der Waals surface area contributed by atoms with E-state index >= 15 is 0 Å². The zero-order valence-corrected chi connectivity index (χ0v) is 15.5. The highest BCUT2D eigenvalue weighted by atomic mass is 127. The molecule has 2 N–H and O–H groups in total. The maximum Gasteiger partial charge on any atom is 0.308 e. The van der Waals surface area contributed by atoms with E-state index in [1.807, 2.05) is 13.8 Å². The van der Waals surface area contributed by atoms with E-state index in [0.717, 1.165) is 40.3 Å². The lowest BCUT2D eigenvalue weighted by Crippen LogP contribution is -2.27. The summed E-state index contributed by atoms with van der Waals surface area (Å²) in [5.74, 6) is 0.356. The number of fused-ring (bicyclic) bond motifs is 1. The van der Waals surface area contributed by atoms with Gasteiger partial charge in [-0.3, -0.25) is 4.79 Å². The number of nitrogen functional groups attached to an aromatic ring is 1. The van der Waals surface area contributed by atoms with Crippen LogP contribution in [0.2, 0.25) is 0 Å². The Kier molecular flexibility index (Phi) is 4.74. The lowest BCUT2D eigenvalue weighted by molar-refractivity contribution is -0.154. The number of carbonyl (C=O) groups is 1. The first kappa shape index (κ1) is 16.5. The predicted molar refractivity (Wildman–Crippen MR) is 96.9 cm³/mol. The Bertz CT molecular complexity index is 720. The number of nitrogens with zero attached hydrogens (tertiary/aromatic N) is 3. The van der Waals surface area contributed by atoms with E-state index in [0.29, 0.717) is 11.9 Å². The number of ether oxygens (including phenoxy) is 1. The lowest BCUT2D eigenvalue weighted by atomic mass is 9.92. The molecule has 0 unspecified atom stereocenters. The molecular formula is C16H21IN4O2. The van der Waals surface area contributed by atoms with Gasteiger partial charge in [-0.2, -0.15) is 0 Å². The fraction of sp³-hybridized carbons (Fsp3) is 0.562. The minimum Gasteiger partial charge on any atom is -0.462 e. The van der Waals surface area contributed by atoms with E-state index in [1.165, 1.54) is 6.33 Å². The van der Waals surface area contributed by atoms with Crippen molar-refractivity contribution in [2.45, 2.75) is 51.7 Å². The molecular weight excluding hydrogens is 407 g/mol. The van der Waals surface area contributed by atoms with Gasteiger partial charge in [0.05, 0.1) is 11.3 Å². The van der Waals surface area contributed by atoms with E-state index in [1.54, 1.807) is 0 Å². The van der Waals surface area contributed by atoms with Crippen LogP contribution >= 0.6 is 22.6 Å². The Labute approximate surface area is 148 Å². The van der Waals surface area contributed by atoms with E-state index in [9.17, 15) is 4.79 Å². The van der Waals surface area contributed by atoms with Gasteiger partial charge < -0.3 is 15.0 Å². The Balaban J connectivity index is 1.74. The van der Waals surface area contributed by atoms with E-state index in [-0.39, 0.29) is 18.0 Å². The number of carbonyl (C=O) groups excluding carboxylic acids is 1. The molecule has 2 aromatic rings. The maximum absolute atomic E-state index is 11.7. The van der Waals surface area contributed by atoms with Crippen molar-refractivity contribution in [1.29, 1.82) is 0 Å². The minimum atomic E-state index is -0.102. The molecule has 1 aliphatic carbocycles. The van der Waals surface area contributed by atoms with Gasteiger partial charge in [-0.15, -0.1) is 0 Å². The second-order valence-electron chi connectivity index (χ2n) is 6.36. The summed E-state index contributed by atoms with van der Waals surface area (Å²) in [5, 5.41) is 0.932. The van der Waals surface area contributed by atoms with Crippen molar-refractivity contribution in [2.75, 3.05) is 5.73 Å². The van der Waals surface area contributed by atoms with Crippen molar-refractivity contribution in [2.24, 2.45) is 5.92 Å². The summed E-state index contributed by atoms with van der Waals surface area (Å²) in [6, 6.07) is 0.365. The molecule has 23 heavy (non-hydrogen) atoms. The Morgan fingerprint density at radius 1 is 1.35 bits per heavy atom. The van der Waals surface area contributed by atoms with Gasteiger partial charge in [-0.25, -0.2) is 9.97 Å². The Morgan fingerprint density at radius 2 is 2.04 bits per heavy atom. The molecule has 6 nitrogen and oxygen atoms in total. The van der Waals surface area contributed by atoms with Crippen LogP contribution in [0.5, 0.6) is 0 Å². The Morgan fingerprint density at radius 3 is 2.70 bits per heavy atom. The van der Waals surface area contributed by atoms with Crippen molar-refractivity contribution in [3.8, 4) is 0 Å². The van der Waals surface area contributed by atoms with E-state index in [4.69, 9.17) is 10.5 Å². The topological polar surface area (TPSA) is 83.0 Å². The standard InChI is InChI=1S/C16H21IN4O2/c1-9(2)16(22)23-11-5-3-10(4-6-11)21-7-12(17)13-14(18)19-8-20-15(13)21/h7-11H,3-6H2,1-2H3,(H2,18,19,20). The van der Waals surface area contributed by atoms with E-state index in [2.05, 4.69) is 43.3 Å². The van der Waals surface area contributed by atoms with Gasteiger partial charge >= 0.3 is 5.97 Å². The van der Waals surface area contributed by atoms with Crippen molar-refractivity contribution in [3.05, 3.63) is 16.1 Å². The first-order valence-corrected chi connectivity index (χ1v) is 9.02. The molecule has 7 heteroatoms. The molecule has 0 spiro atoms. The quantitative estimate of drug-likeness (QED) is 0.599. The van der Waals surface area contributed by atoms with Crippen molar-refractivity contribution < 1.29 is 9.53 Å². The molecule has 2 aromatic heterocycles. The second kappa shape index (κ2) is 6.62. The maximum atomic E-state index is 11.7. The molecule has 0 amide bonds. The van der Waals surface area contributed by atoms with Crippen LogP contribution in [0.15, 0.2) is 12.5 Å². The highest BCUT2D eigenvalue weighted by molar-refractivity contribution is 14.1. The molecule has 0 radical (unpaired) electrons. The molecule has 0 saturated heterocycles. The molecule has 1 saturated carbocycles. The van der Waals surface area contributed by atoms with E-state index < -0.39 is 0 Å². The molecule has 0 aromatic carbocycles. The fourth-order valence-electron chi connectivity index (χ4n) is 3.08.